The van der Waals surface area contributed by atoms with Gasteiger partial charge in [0.15, 0.2) is 5.69 Å². The Morgan fingerprint density at radius 2 is 2.31 bits per heavy atom. The van der Waals surface area contributed by atoms with Crippen molar-refractivity contribution in [2.24, 2.45) is 0 Å². The molecule has 0 bridgehead atoms. The minimum Gasteiger partial charge on any atom is -0.380 e. The number of aromatic amines is 1. The molecule has 1 amide bonds. The Balaban J connectivity index is 2.33. The number of nitrogens with one attached hydrogen (secondary N) is 2. The number of ether oxygens (including phenoxy) is 1. The molecule has 16 heavy (non-hydrogen) atoms. The number of aryl methyl sites for hydroxylation is 1. The lowest BCUT2D eigenvalue weighted by molar-refractivity contribution is 0.0911. The van der Waals surface area contributed by atoms with Gasteiger partial charge in [0.25, 0.3) is 5.91 Å². The fourth-order valence-corrected chi connectivity index (χ4v) is 1.30. The third-order valence-electron chi connectivity index (χ3n) is 1.97. The second-order valence-corrected chi connectivity index (χ2v) is 3.76. The molecule has 0 radical (unpaired) electrons. The van der Waals surface area contributed by atoms with Gasteiger partial charge in [0.1, 0.15) is 0 Å². The van der Waals surface area contributed by atoms with E-state index in [0.29, 0.717) is 30.5 Å². The van der Waals surface area contributed by atoms with Crippen molar-refractivity contribution in [2.75, 3.05) is 19.8 Å². The molecule has 1 aromatic rings. The predicted molar refractivity (Wildman–Crippen MR) is 61.8 cm³/mol. The molecule has 1 heterocycles. The number of nitrogens with zero attached hydrogens (tertiary/aromatic N) is 1. The van der Waals surface area contributed by atoms with Crippen LogP contribution in [-0.4, -0.2) is 35.9 Å². The Labute approximate surface area is 99.5 Å². The highest BCUT2D eigenvalue weighted by Gasteiger charge is 2.15. The first kappa shape index (κ1) is 13.0. The third-order valence-corrected chi connectivity index (χ3v) is 2.43. The quantitative estimate of drug-likeness (QED) is 0.747. The highest BCUT2D eigenvalue weighted by Crippen LogP contribution is 2.16. The Hall–Kier alpha value is -1.07. The van der Waals surface area contributed by atoms with Gasteiger partial charge < -0.3 is 10.1 Å². The van der Waals surface area contributed by atoms with Crippen LogP contribution in [0.25, 0.3) is 0 Å². The number of hydrogen-bond donors (Lipinski definition) is 2. The highest BCUT2D eigenvalue weighted by atomic mass is 35.5. The summed E-state index contributed by atoms with van der Waals surface area (Å²) in [5.41, 5.74) is 0.920. The fourth-order valence-electron chi connectivity index (χ4n) is 1.13. The third kappa shape index (κ3) is 3.50. The van der Waals surface area contributed by atoms with Gasteiger partial charge in [-0.15, -0.1) is 0 Å². The van der Waals surface area contributed by atoms with Gasteiger partial charge >= 0.3 is 0 Å². The lowest BCUT2D eigenvalue weighted by Gasteiger charge is -2.04. The molecule has 2 N–H and O–H groups in total. The second-order valence-electron chi connectivity index (χ2n) is 3.38. The van der Waals surface area contributed by atoms with Crippen LogP contribution in [0.1, 0.15) is 29.5 Å². The van der Waals surface area contributed by atoms with E-state index in [2.05, 4.69) is 15.5 Å². The van der Waals surface area contributed by atoms with Gasteiger partial charge in [-0.25, -0.2) is 0 Å². The number of carbonyl (C=O) groups is 1. The summed E-state index contributed by atoms with van der Waals surface area (Å²) >= 11 is 5.88. The molecule has 1 rings (SSSR count). The van der Waals surface area contributed by atoms with Crippen LogP contribution < -0.4 is 5.32 Å². The molecule has 0 spiro atoms. The largest absolute Gasteiger partial charge is 0.380 e. The molecule has 0 aliphatic rings. The first-order chi connectivity index (χ1) is 7.66. The van der Waals surface area contributed by atoms with Gasteiger partial charge in [-0.2, -0.15) is 5.10 Å². The molecule has 0 saturated heterocycles. The zero-order valence-electron chi connectivity index (χ0n) is 9.47. The Morgan fingerprint density at radius 1 is 1.56 bits per heavy atom. The molecule has 0 aliphatic heterocycles. The van der Waals surface area contributed by atoms with Crippen molar-refractivity contribution < 1.29 is 9.53 Å². The van der Waals surface area contributed by atoms with E-state index in [9.17, 15) is 4.79 Å². The van der Waals surface area contributed by atoms with Crippen LogP contribution in [0.3, 0.4) is 0 Å². The van der Waals surface area contributed by atoms with Crippen molar-refractivity contribution >= 4 is 17.5 Å². The first-order valence-electron chi connectivity index (χ1n) is 5.23. The summed E-state index contributed by atoms with van der Waals surface area (Å²) in [6.07, 6.45) is 0.971. The van der Waals surface area contributed by atoms with E-state index in [4.69, 9.17) is 16.3 Å². The van der Waals surface area contributed by atoms with Crippen LogP contribution in [0.2, 0.25) is 5.02 Å². The molecular formula is C10H16ClN3O2. The molecule has 0 unspecified atom stereocenters. The summed E-state index contributed by atoms with van der Waals surface area (Å²) in [5.74, 6) is -0.283. The monoisotopic (exact) mass is 245 g/mol. The lowest BCUT2D eigenvalue weighted by atomic mass is 10.3. The van der Waals surface area contributed by atoms with E-state index in [0.717, 1.165) is 6.42 Å². The van der Waals surface area contributed by atoms with E-state index in [1.54, 1.807) is 6.92 Å². The van der Waals surface area contributed by atoms with Crippen LogP contribution in [0.4, 0.5) is 0 Å². The highest BCUT2D eigenvalue weighted by molar-refractivity contribution is 6.34. The summed E-state index contributed by atoms with van der Waals surface area (Å²) in [6.45, 7) is 5.46. The predicted octanol–water partition coefficient (Wildman–Crippen LogP) is 1.53. The van der Waals surface area contributed by atoms with Gasteiger partial charge in [0.05, 0.1) is 17.3 Å². The minimum atomic E-state index is -0.283. The van der Waals surface area contributed by atoms with E-state index in [-0.39, 0.29) is 11.6 Å². The van der Waals surface area contributed by atoms with Crippen molar-refractivity contribution in [1.29, 1.82) is 0 Å². The molecule has 0 aromatic carbocycles. The number of halogens is 1. The summed E-state index contributed by atoms with van der Waals surface area (Å²) in [7, 11) is 0. The molecule has 0 fully saturated rings. The molecule has 1 aromatic heterocycles. The van der Waals surface area contributed by atoms with E-state index >= 15 is 0 Å². The van der Waals surface area contributed by atoms with E-state index in [1.807, 2.05) is 6.92 Å². The SMILES string of the molecule is CCCOCCNC(=O)c1n[nH]c(C)c1Cl. The number of hydrogen-bond acceptors (Lipinski definition) is 3. The lowest BCUT2D eigenvalue weighted by Crippen LogP contribution is -2.27. The topological polar surface area (TPSA) is 67.0 Å². The molecular weight excluding hydrogens is 230 g/mol. The van der Waals surface area contributed by atoms with Crippen molar-refractivity contribution in [3.05, 3.63) is 16.4 Å². The van der Waals surface area contributed by atoms with Crippen molar-refractivity contribution in [3.8, 4) is 0 Å². The standard InChI is InChI=1S/C10H16ClN3O2/c1-3-5-16-6-4-12-10(15)9-8(11)7(2)13-14-9/h3-6H2,1-2H3,(H,12,15)(H,13,14). The number of carbonyl (C=O) groups excluding carboxylic acids is 1. The molecule has 5 nitrogen and oxygen atoms in total. The Bertz CT molecular complexity index is 352. The van der Waals surface area contributed by atoms with Crippen LogP contribution >= 0.6 is 11.6 Å². The number of rotatable bonds is 6. The summed E-state index contributed by atoms with van der Waals surface area (Å²) < 4.78 is 5.23. The molecule has 90 valence electrons. The average Bonchev–Trinajstić information content (AvgIpc) is 2.59. The maximum absolute atomic E-state index is 11.6. The van der Waals surface area contributed by atoms with Gasteiger partial charge in [-0.1, -0.05) is 18.5 Å². The van der Waals surface area contributed by atoms with Crippen LogP contribution in [-0.2, 0) is 4.74 Å². The number of H-pyrrole nitrogens is 1. The van der Waals surface area contributed by atoms with E-state index in [1.165, 1.54) is 0 Å². The zero-order valence-corrected chi connectivity index (χ0v) is 10.2. The summed E-state index contributed by atoms with van der Waals surface area (Å²) in [4.78, 5) is 11.6. The maximum atomic E-state index is 11.6. The smallest absolute Gasteiger partial charge is 0.273 e. The molecule has 0 aliphatic carbocycles. The van der Waals surface area contributed by atoms with Crippen LogP contribution in [0, 0.1) is 6.92 Å². The van der Waals surface area contributed by atoms with E-state index < -0.39 is 0 Å². The maximum Gasteiger partial charge on any atom is 0.273 e. The minimum absolute atomic E-state index is 0.231. The fraction of sp³-hybridized carbons (Fsp3) is 0.600. The Morgan fingerprint density at radius 3 is 2.88 bits per heavy atom. The summed E-state index contributed by atoms with van der Waals surface area (Å²) in [6, 6.07) is 0. The van der Waals surface area contributed by atoms with Gasteiger partial charge in [0.2, 0.25) is 0 Å². The normalized spacial score (nSPS) is 10.4. The van der Waals surface area contributed by atoms with Gasteiger partial charge in [-0.3, -0.25) is 9.89 Å². The average molecular weight is 246 g/mol. The Kier molecular flexibility index (Phi) is 5.28. The second kappa shape index (κ2) is 6.50. The van der Waals surface area contributed by atoms with Crippen LogP contribution in [0.5, 0.6) is 0 Å². The van der Waals surface area contributed by atoms with Gasteiger partial charge in [-0.05, 0) is 13.3 Å². The number of aromatic nitrogens is 2. The molecule has 0 saturated carbocycles. The molecule has 0 atom stereocenters. The molecule has 6 heteroatoms. The van der Waals surface area contributed by atoms with Crippen molar-refractivity contribution in [3.63, 3.8) is 0 Å². The van der Waals surface area contributed by atoms with Gasteiger partial charge in [0, 0.05) is 13.2 Å². The van der Waals surface area contributed by atoms with Crippen molar-refractivity contribution in [1.82, 2.24) is 15.5 Å². The number of amides is 1. The first-order valence-corrected chi connectivity index (χ1v) is 5.61. The zero-order chi connectivity index (χ0) is 12.0. The summed E-state index contributed by atoms with van der Waals surface area (Å²) in [5, 5.41) is 9.52. The van der Waals surface area contributed by atoms with Crippen molar-refractivity contribution in [2.45, 2.75) is 20.3 Å². The van der Waals surface area contributed by atoms with Crippen LogP contribution in [0.15, 0.2) is 0 Å².